The topological polar surface area (TPSA) is 39.1 Å². The fourth-order valence-electron chi connectivity index (χ4n) is 2.51. The molecule has 1 aromatic rings. The Bertz CT molecular complexity index is 465. The van der Waals surface area contributed by atoms with Crippen molar-refractivity contribution in [2.24, 2.45) is 0 Å². The number of likely N-dealkylation sites (tertiary alicyclic amines) is 1. The molecule has 1 aliphatic rings. The molecule has 0 radical (unpaired) electrons. The van der Waals surface area contributed by atoms with Gasteiger partial charge in [-0.3, -0.25) is 0 Å². The van der Waals surface area contributed by atoms with E-state index in [9.17, 15) is 8.78 Å². The van der Waals surface area contributed by atoms with E-state index in [1.807, 2.05) is 0 Å². The van der Waals surface area contributed by atoms with Gasteiger partial charge in [0.25, 0.3) is 0 Å². The Hall–Kier alpha value is -1.67. The summed E-state index contributed by atoms with van der Waals surface area (Å²) in [6, 6.07) is 3.84. The largest absolute Gasteiger partial charge is 0.379 e. The van der Waals surface area contributed by atoms with Crippen molar-refractivity contribution in [1.82, 2.24) is 4.90 Å². The van der Waals surface area contributed by atoms with E-state index in [4.69, 9.17) is 5.26 Å². The Balaban J connectivity index is 1.89. The van der Waals surface area contributed by atoms with E-state index in [-0.39, 0.29) is 11.3 Å². The van der Waals surface area contributed by atoms with Crippen molar-refractivity contribution in [2.45, 2.75) is 25.7 Å². The van der Waals surface area contributed by atoms with Gasteiger partial charge in [-0.05, 0) is 38.1 Å². The maximum absolute atomic E-state index is 13.7. The highest BCUT2D eigenvalue weighted by atomic mass is 19.1. The molecule has 0 unspecified atom stereocenters. The molecule has 0 saturated carbocycles. The minimum Gasteiger partial charge on any atom is -0.379 e. The minimum absolute atomic E-state index is 0.00179. The summed E-state index contributed by atoms with van der Waals surface area (Å²) in [4.78, 5) is 2.32. The number of halogens is 2. The zero-order valence-corrected chi connectivity index (χ0v) is 11.5. The average Bonchev–Trinajstić information content (AvgIpc) is 2.70. The van der Waals surface area contributed by atoms with E-state index in [1.54, 1.807) is 6.07 Å². The van der Waals surface area contributed by atoms with Crippen LogP contribution in [0.4, 0.5) is 14.5 Å². The van der Waals surface area contributed by atoms with Crippen LogP contribution in [0.3, 0.4) is 0 Å². The van der Waals surface area contributed by atoms with E-state index >= 15 is 0 Å². The van der Waals surface area contributed by atoms with Crippen molar-refractivity contribution in [1.29, 1.82) is 5.26 Å². The van der Waals surface area contributed by atoms with E-state index < -0.39 is 11.6 Å². The molecule has 0 spiro atoms. The number of anilines is 1. The lowest BCUT2D eigenvalue weighted by atomic mass is 10.2. The van der Waals surface area contributed by atoms with Gasteiger partial charge < -0.3 is 10.2 Å². The maximum Gasteiger partial charge on any atom is 0.150 e. The third-order valence-electron chi connectivity index (χ3n) is 3.60. The first-order valence-corrected chi connectivity index (χ1v) is 7.06. The van der Waals surface area contributed by atoms with Crippen molar-refractivity contribution in [3.63, 3.8) is 0 Å². The van der Waals surface area contributed by atoms with Crippen molar-refractivity contribution < 1.29 is 8.78 Å². The number of nitrogens with zero attached hydrogens (tertiary/aromatic N) is 2. The van der Waals surface area contributed by atoms with E-state index in [2.05, 4.69) is 10.2 Å². The lowest BCUT2D eigenvalue weighted by Gasteiger charge is -2.20. The third-order valence-corrected chi connectivity index (χ3v) is 3.60. The maximum atomic E-state index is 13.7. The first-order valence-electron chi connectivity index (χ1n) is 7.06. The van der Waals surface area contributed by atoms with E-state index in [0.29, 0.717) is 6.54 Å². The standard InChI is InChI=1S/C15H19F2N3/c16-13-9-12(11-18)10-14(17)15(13)19-5-8-20-6-3-1-2-4-7-20/h9-10,19H,1-8H2. The second-order valence-corrected chi connectivity index (χ2v) is 5.11. The van der Waals surface area contributed by atoms with Gasteiger partial charge in [0.15, 0.2) is 11.6 Å². The zero-order chi connectivity index (χ0) is 14.4. The Morgan fingerprint density at radius 2 is 1.70 bits per heavy atom. The number of rotatable bonds is 4. The number of hydrogen-bond acceptors (Lipinski definition) is 3. The van der Waals surface area contributed by atoms with Crippen LogP contribution in [-0.2, 0) is 0 Å². The summed E-state index contributed by atoms with van der Waals surface area (Å²) < 4.78 is 27.3. The van der Waals surface area contributed by atoms with Crippen LogP contribution in [0, 0.1) is 23.0 Å². The molecule has 0 aromatic heterocycles. The minimum atomic E-state index is -0.711. The summed E-state index contributed by atoms with van der Waals surface area (Å²) in [5.41, 5.74) is -0.142. The first-order chi connectivity index (χ1) is 9.70. The number of nitrogens with one attached hydrogen (secondary N) is 1. The molecule has 1 heterocycles. The normalized spacial score (nSPS) is 16.4. The van der Waals surface area contributed by atoms with Crippen molar-refractivity contribution >= 4 is 5.69 Å². The Labute approximate surface area is 118 Å². The van der Waals surface area contributed by atoms with Gasteiger partial charge in [0.1, 0.15) is 5.69 Å². The van der Waals surface area contributed by atoms with Crippen LogP contribution in [0.1, 0.15) is 31.2 Å². The second kappa shape index (κ2) is 7.20. The smallest absolute Gasteiger partial charge is 0.150 e. The van der Waals surface area contributed by atoms with Crippen LogP contribution in [0.5, 0.6) is 0 Å². The molecule has 2 rings (SSSR count). The Kier molecular flexibility index (Phi) is 5.31. The molecule has 0 aliphatic carbocycles. The van der Waals surface area contributed by atoms with Gasteiger partial charge in [-0.2, -0.15) is 5.26 Å². The highest BCUT2D eigenvalue weighted by Gasteiger charge is 2.12. The van der Waals surface area contributed by atoms with Crippen LogP contribution >= 0.6 is 0 Å². The molecule has 0 atom stereocenters. The molecule has 1 aliphatic heterocycles. The lowest BCUT2D eigenvalue weighted by molar-refractivity contribution is 0.296. The fourth-order valence-corrected chi connectivity index (χ4v) is 2.51. The van der Waals surface area contributed by atoms with Crippen LogP contribution in [0.2, 0.25) is 0 Å². The predicted octanol–water partition coefficient (Wildman–Crippen LogP) is 3.12. The molecule has 20 heavy (non-hydrogen) atoms. The molecule has 0 amide bonds. The molecule has 3 nitrogen and oxygen atoms in total. The van der Waals surface area contributed by atoms with Gasteiger partial charge in [0.05, 0.1) is 11.6 Å². The summed E-state index contributed by atoms with van der Waals surface area (Å²) in [6.07, 6.45) is 4.92. The average molecular weight is 279 g/mol. The molecule has 108 valence electrons. The van der Waals surface area contributed by atoms with Crippen molar-refractivity contribution in [3.8, 4) is 6.07 Å². The van der Waals surface area contributed by atoms with E-state index in [0.717, 1.165) is 31.8 Å². The SMILES string of the molecule is N#Cc1cc(F)c(NCCN2CCCCCC2)c(F)c1. The van der Waals surface area contributed by atoms with Crippen LogP contribution in [0.15, 0.2) is 12.1 Å². The molecule has 5 heteroatoms. The molecule has 1 saturated heterocycles. The van der Waals surface area contributed by atoms with Gasteiger partial charge >= 0.3 is 0 Å². The van der Waals surface area contributed by atoms with Gasteiger partial charge in [0.2, 0.25) is 0 Å². The molecule has 1 N–H and O–H groups in total. The highest BCUT2D eigenvalue weighted by molar-refractivity contribution is 5.50. The van der Waals surface area contributed by atoms with Gasteiger partial charge in [-0.1, -0.05) is 12.8 Å². The van der Waals surface area contributed by atoms with Crippen LogP contribution in [-0.4, -0.2) is 31.1 Å². The number of hydrogen-bond donors (Lipinski definition) is 1. The molecule has 1 aromatic carbocycles. The van der Waals surface area contributed by atoms with Crippen LogP contribution in [0.25, 0.3) is 0 Å². The summed E-state index contributed by atoms with van der Waals surface area (Å²) in [7, 11) is 0. The first kappa shape index (κ1) is 14.7. The summed E-state index contributed by atoms with van der Waals surface area (Å²) in [6.45, 7) is 3.39. The monoisotopic (exact) mass is 279 g/mol. The van der Waals surface area contributed by atoms with Crippen molar-refractivity contribution in [3.05, 3.63) is 29.3 Å². The lowest BCUT2D eigenvalue weighted by Crippen LogP contribution is -2.30. The summed E-state index contributed by atoms with van der Waals surface area (Å²) in [5, 5.41) is 11.4. The molecular weight excluding hydrogens is 260 g/mol. The van der Waals surface area contributed by atoms with Crippen molar-refractivity contribution in [2.75, 3.05) is 31.5 Å². The summed E-state index contributed by atoms with van der Waals surface area (Å²) >= 11 is 0. The quantitative estimate of drug-likeness (QED) is 0.920. The number of nitriles is 1. The fraction of sp³-hybridized carbons (Fsp3) is 0.533. The van der Waals surface area contributed by atoms with Gasteiger partial charge in [0, 0.05) is 13.1 Å². The van der Waals surface area contributed by atoms with Crippen LogP contribution < -0.4 is 5.32 Å². The summed E-state index contributed by atoms with van der Waals surface area (Å²) in [5.74, 6) is -1.42. The molecule has 1 fully saturated rings. The second-order valence-electron chi connectivity index (χ2n) is 5.11. The molecule has 0 bridgehead atoms. The number of benzene rings is 1. The predicted molar refractivity (Wildman–Crippen MR) is 74.5 cm³/mol. The molecular formula is C15H19F2N3. The Morgan fingerprint density at radius 1 is 1.10 bits per heavy atom. The van der Waals surface area contributed by atoms with Gasteiger partial charge in [-0.25, -0.2) is 8.78 Å². The van der Waals surface area contributed by atoms with Gasteiger partial charge in [-0.15, -0.1) is 0 Å². The third kappa shape index (κ3) is 3.91. The highest BCUT2D eigenvalue weighted by Crippen LogP contribution is 2.20. The Morgan fingerprint density at radius 3 is 2.25 bits per heavy atom. The zero-order valence-electron chi connectivity index (χ0n) is 11.5. The van der Waals surface area contributed by atoms with E-state index in [1.165, 1.54) is 25.7 Å².